The molecule has 2 N–H and O–H groups in total. The Morgan fingerprint density at radius 1 is 1.55 bits per heavy atom. The minimum Gasteiger partial charge on any atom is -0.455 e. The lowest BCUT2D eigenvalue weighted by molar-refractivity contribution is 0.0257. The summed E-state index contributed by atoms with van der Waals surface area (Å²) in [5.41, 5.74) is 0.177. The van der Waals surface area contributed by atoms with Crippen LogP contribution in [0.2, 0.25) is 0 Å². The van der Waals surface area contributed by atoms with Crippen molar-refractivity contribution in [2.45, 2.75) is 37.3 Å². The minimum atomic E-state index is -3.85. The van der Waals surface area contributed by atoms with Crippen LogP contribution in [0.15, 0.2) is 17.2 Å². The van der Waals surface area contributed by atoms with Gasteiger partial charge in [-0.1, -0.05) is 0 Å². The van der Waals surface area contributed by atoms with Gasteiger partial charge in [0.15, 0.2) is 0 Å². The maximum absolute atomic E-state index is 12.1. The van der Waals surface area contributed by atoms with Crippen LogP contribution in [0.3, 0.4) is 0 Å². The van der Waals surface area contributed by atoms with Gasteiger partial charge in [-0.3, -0.25) is 0 Å². The van der Waals surface area contributed by atoms with E-state index in [-0.39, 0.29) is 22.7 Å². The van der Waals surface area contributed by atoms with Crippen molar-refractivity contribution in [3.05, 3.63) is 18.0 Å². The van der Waals surface area contributed by atoms with E-state index in [1.165, 1.54) is 16.8 Å². The summed E-state index contributed by atoms with van der Waals surface area (Å²) in [4.78, 5) is 12.0. The van der Waals surface area contributed by atoms with Crippen molar-refractivity contribution in [2.75, 3.05) is 13.2 Å². The Kier molecular flexibility index (Phi) is 4.17. The monoisotopic (exact) mass is 302 g/mol. The third-order valence-electron chi connectivity index (χ3n) is 3.08. The van der Waals surface area contributed by atoms with Gasteiger partial charge in [0.2, 0.25) is 10.0 Å². The molecule has 1 unspecified atom stereocenters. The Balaban J connectivity index is 2.29. The number of carbonyl (C=O) groups excluding carboxylic acids is 1. The van der Waals surface area contributed by atoms with E-state index in [9.17, 15) is 13.2 Å². The second kappa shape index (κ2) is 5.55. The lowest BCUT2D eigenvalue weighted by atomic mass is 10.3. The van der Waals surface area contributed by atoms with Gasteiger partial charge in [-0.05, 0) is 19.9 Å². The SMILES string of the molecule is CC(C)n1cc(S(N)(=O)=O)cc1C(=O)OC1CCOC1. The van der Waals surface area contributed by atoms with E-state index in [0.29, 0.717) is 19.6 Å². The average molecular weight is 302 g/mol. The van der Waals surface area contributed by atoms with Gasteiger partial charge < -0.3 is 14.0 Å². The molecule has 0 bridgehead atoms. The fraction of sp³-hybridized carbons (Fsp3) is 0.583. The van der Waals surface area contributed by atoms with Gasteiger partial charge in [-0.15, -0.1) is 0 Å². The van der Waals surface area contributed by atoms with Crippen LogP contribution >= 0.6 is 0 Å². The highest BCUT2D eigenvalue weighted by atomic mass is 32.2. The maximum atomic E-state index is 12.1. The molecule has 1 aliphatic heterocycles. The first kappa shape index (κ1) is 15.0. The molecule has 1 fully saturated rings. The molecule has 20 heavy (non-hydrogen) atoms. The second-order valence-corrected chi connectivity index (χ2v) is 6.56. The highest BCUT2D eigenvalue weighted by Gasteiger charge is 2.25. The van der Waals surface area contributed by atoms with Gasteiger partial charge >= 0.3 is 5.97 Å². The van der Waals surface area contributed by atoms with E-state index >= 15 is 0 Å². The van der Waals surface area contributed by atoms with Crippen molar-refractivity contribution in [1.82, 2.24) is 4.57 Å². The molecule has 0 aromatic carbocycles. The zero-order chi connectivity index (χ0) is 14.9. The smallest absolute Gasteiger partial charge is 0.355 e. The Hall–Kier alpha value is -1.38. The molecule has 112 valence electrons. The molecule has 2 heterocycles. The first-order chi connectivity index (χ1) is 9.29. The molecule has 8 heteroatoms. The maximum Gasteiger partial charge on any atom is 0.355 e. The third kappa shape index (κ3) is 3.20. The predicted molar refractivity (Wildman–Crippen MR) is 70.8 cm³/mol. The number of esters is 1. The van der Waals surface area contributed by atoms with Crippen LogP contribution in [0.25, 0.3) is 0 Å². The highest BCUT2D eigenvalue weighted by Crippen LogP contribution is 2.20. The van der Waals surface area contributed by atoms with Crippen molar-refractivity contribution < 1.29 is 22.7 Å². The number of sulfonamides is 1. The fourth-order valence-corrected chi connectivity index (χ4v) is 2.55. The molecule has 1 aromatic rings. The first-order valence-electron chi connectivity index (χ1n) is 6.32. The zero-order valence-corrected chi connectivity index (χ0v) is 12.2. The molecule has 0 radical (unpaired) electrons. The molecule has 0 amide bonds. The molecule has 1 atom stereocenters. The summed E-state index contributed by atoms with van der Waals surface area (Å²) < 4.78 is 34.7. The standard InChI is InChI=1S/C12H18N2O5S/c1-8(2)14-6-10(20(13,16)17)5-11(14)12(15)19-9-3-4-18-7-9/h5-6,8-9H,3-4,7H2,1-2H3,(H2,13,16,17). The second-order valence-electron chi connectivity index (χ2n) is 5.00. The molecule has 1 saturated heterocycles. The fourth-order valence-electron chi connectivity index (χ4n) is 2.02. The summed E-state index contributed by atoms with van der Waals surface area (Å²) in [5.74, 6) is -0.566. The molecule has 7 nitrogen and oxygen atoms in total. The number of primary sulfonamides is 1. The topological polar surface area (TPSA) is 101 Å². The van der Waals surface area contributed by atoms with Crippen LogP contribution in [0.5, 0.6) is 0 Å². The van der Waals surface area contributed by atoms with Crippen molar-refractivity contribution in [3.63, 3.8) is 0 Å². The van der Waals surface area contributed by atoms with Crippen LogP contribution in [-0.4, -0.2) is 38.3 Å². The third-order valence-corrected chi connectivity index (χ3v) is 3.96. The number of nitrogens with zero attached hydrogens (tertiary/aromatic N) is 1. The zero-order valence-electron chi connectivity index (χ0n) is 11.4. The molecular formula is C12H18N2O5S. The lowest BCUT2D eigenvalue weighted by Gasteiger charge is -2.14. The largest absolute Gasteiger partial charge is 0.455 e. The van der Waals surface area contributed by atoms with Crippen LogP contribution in [-0.2, 0) is 19.5 Å². The molecule has 0 saturated carbocycles. The quantitative estimate of drug-likeness (QED) is 0.823. The van der Waals surface area contributed by atoms with Gasteiger partial charge in [0, 0.05) is 18.7 Å². The number of aromatic nitrogens is 1. The van der Waals surface area contributed by atoms with Crippen molar-refractivity contribution in [2.24, 2.45) is 5.14 Å². The lowest BCUT2D eigenvalue weighted by Crippen LogP contribution is -2.21. The van der Waals surface area contributed by atoms with Gasteiger partial charge in [-0.2, -0.15) is 0 Å². The van der Waals surface area contributed by atoms with Crippen LogP contribution < -0.4 is 5.14 Å². The minimum absolute atomic E-state index is 0.0899. The molecule has 1 aromatic heterocycles. The van der Waals surface area contributed by atoms with Crippen LogP contribution in [0.4, 0.5) is 0 Å². The van der Waals surface area contributed by atoms with Gasteiger partial charge in [0.25, 0.3) is 0 Å². The summed E-state index contributed by atoms with van der Waals surface area (Å²) in [6.07, 6.45) is 1.72. The van der Waals surface area contributed by atoms with E-state index < -0.39 is 16.0 Å². The molecule has 0 spiro atoms. The van der Waals surface area contributed by atoms with E-state index in [1.54, 1.807) is 0 Å². The van der Waals surface area contributed by atoms with Gasteiger partial charge in [0.1, 0.15) is 16.7 Å². The normalized spacial score (nSPS) is 19.5. The molecule has 2 rings (SSSR count). The molecular weight excluding hydrogens is 284 g/mol. The van der Waals surface area contributed by atoms with Crippen molar-refractivity contribution in [1.29, 1.82) is 0 Å². The molecule has 0 aliphatic carbocycles. The summed E-state index contributed by atoms with van der Waals surface area (Å²) in [7, 11) is -3.85. The molecule has 1 aliphatic rings. The van der Waals surface area contributed by atoms with Crippen LogP contribution in [0, 0.1) is 0 Å². The number of hydrogen-bond acceptors (Lipinski definition) is 5. The number of carbonyl (C=O) groups is 1. The summed E-state index contributed by atoms with van der Waals surface area (Å²) in [6, 6.07) is 1.15. The number of ether oxygens (including phenoxy) is 2. The van der Waals surface area contributed by atoms with Crippen molar-refractivity contribution >= 4 is 16.0 Å². The van der Waals surface area contributed by atoms with E-state index in [1.807, 2.05) is 13.8 Å². The Labute approximate surface area is 117 Å². The summed E-state index contributed by atoms with van der Waals surface area (Å²) >= 11 is 0. The Morgan fingerprint density at radius 2 is 2.25 bits per heavy atom. The summed E-state index contributed by atoms with van der Waals surface area (Å²) in [5, 5.41) is 5.09. The Morgan fingerprint density at radius 3 is 2.75 bits per heavy atom. The van der Waals surface area contributed by atoms with E-state index in [2.05, 4.69) is 0 Å². The number of hydrogen-bond donors (Lipinski definition) is 1. The van der Waals surface area contributed by atoms with E-state index in [4.69, 9.17) is 14.6 Å². The first-order valence-corrected chi connectivity index (χ1v) is 7.87. The number of nitrogens with two attached hydrogens (primary N) is 1. The van der Waals surface area contributed by atoms with Gasteiger partial charge in [-0.25, -0.2) is 18.4 Å². The van der Waals surface area contributed by atoms with Gasteiger partial charge in [0.05, 0.1) is 13.2 Å². The number of rotatable bonds is 4. The predicted octanol–water partition coefficient (Wildman–Crippen LogP) is 0.662. The highest BCUT2D eigenvalue weighted by molar-refractivity contribution is 7.89. The van der Waals surface area contributed by atoms with Crippen molar-refractivity contribution in [3.8, 4) is 0 Å². The van der Waals surface area contributed by atoms with E-state index in [0.717, 1.165) is 0 Å². The van der Waals surface area contributed by atoms with Crippen LogP contribution in [0.1, 0.15) is 36.8 Å². The average Bonchev–Trinajstić information content (AvgIpc) is 2.95. The summed E-state index contributed by atoms with van der Waals surface area (Å²) in [6.45, 7) is 4.60. The Bertz CT molecular complexity index is 599.